The van der Waals surface area contributed by atoms with E-state index in [1.807, 2.05) is 7.05 Å². The summed E-state index contributed by atoms with van der Waals surface area (Å²) in [6.45, 7) is 8.87. The molecule has 1 N–H and O–H groups in total. The van der Waals surface area contributed by atoms with Crippen LogP contribution in [-0.4, -0.2) is 11.6 Å². The summed E-state index contributed by atoms with van der Waals surface area (Å²) in [6, 6.07) is 7.47. The number of rotatable bonds is 3. The maximum Gasteiger partial charge on any atom is 0.0533 e. The SMILES string of the molecule is CNC(C)c1cccc2c(C)cn(C(C)C)c12. The number of hydrogen-bond acceptors (Lipinski definition) is 1. The van der Waals surface area contributed by atoms with Gasteiger partial charge in [0, 0.05) is 23.7 Å². The Bertz CT molecular complexity index is 523. The van der Waals surface area contributed by atoms with Crippen molar-refractivity contribution in [2.75, 3.05) is 7.05 Å². The first-order valence-electron chi connectivity index (χ1n) is 6.33. The first kappa shape index (κ1) is 12.2. The summed E-state index contributed by atoms with van der Waals surface area (Å²) < 4.78 is 2.38. The highest BCUT2D eigenvalue weighted by Crippen LogP contribution is 2.30. The van der Waals surface area contributed by atoms with Crippen molar-refractivity contribution in [3.8, 4) is 0 Å². The van der Waals surface area contributed by atoms with Gasteiger partial charge in [-0.1, -0.05) is 18.2 Å². The number of fused-ring (bicyclic) bond motifs is 1. The van der Waals surface area contributed by atoms with E-state index in [9.17, 15) is 0 Å². The number of hydrogen-bond donors (Lipinski definition) is 1. The Morgan fingerprint density at radius 2 is 1.88 bits per heavy atom. The lowest BCUT2D eigenvalue weighted by atomic mass is 10.0. The molecule has 0 fully saturated rings. The Balaban J connectivity index is 2.76. The van der Waals surface area contributed by atoms with Crippen molar-refractivity contribution in [3.05, 3.63) is 35.5 Å². The van der Waals surface area contributed by atoms with Gasteiger partial charge < -0.3 is 9.88 Å². The summed E-state index contributed by atoms with van der Waals surface area (Å²) >= 11 is 0. The van der Waals surface area contributed by atoms with Gasteiger partial charge in [-0.2, -0.15) is 0 Å². The molecule has 1 aromatic carbocycles. The number of aryl methyl sites for hydroxylation is 1. The summed E-state index contributed by atoms with van der Waals surface area (Å²) in [6.07, 6.45) is 2.27. The number of nitrogens with one attached hydrogen (secondary N) is 1. The maximum absolute atomic E-state index is 3.34. The van der Waals surface area contributed by atoms with Crippen LogP contribution in [0.4, 0.5) is 0 Å². The van der Waals surface area contributed by atoms with E-state index in [0.29, 0.717) is 12.1 Å². The van der Waals surface area contributed by atoms with Crippen LogP contribution in [-0.2, 0) is 0 Å². The van der Waals surface area contributed by atoms with Crippen molar-refractivity contribution >= 4 is 10.9 Å². The van der Waals surface area contributed by atoms with Crippen molar-refractivity contribution in [1.29, 1.82) is 0 Å². The van der Waals surface area contributed by atoms with Crippen LogP contribution in [0.2, 0.25) is 0 Å². The van der Waals surface area contributed by atoms with E-state index in [1.165, 1.54) is 22.0 Å². The summed E-state index contributed by atoms with van der Waals surface area (Å²) in [5.74, 6) is 0. The van der Waals surface area contributed by atoms with E-state index in [-0.39, 0.29) is 0 Å². The zero-order chi connectivity index (χ0) is 12.6. The molecule has 0 aliphatic carbocycles. The van der Waals surface area contributed by atoms with Crippen molar-refractivity contribution in [2.24, 2.45) is 0 Å². The summed E-state index contributed by atoms with van der Waals surface area (Å²) in [4.78, 5) is 0. The van der Waals surface area contributed by atoms with Crippen LogP contribution < -0.4 is 5.32 Å². The molecule has 2 heteroatoms. The van der Waals surface area contributed by atoms with Crippen LogP contribution in [0.15, 0.2) is 24.4 Å². The van der Waals surface area contributed by atoms with E-state index < -0.39 is 0 Å². The van der Waals surface area contributed by atoms with Gasteiger partial charge in [0.05, 0.1) is 5.52 Å². The van der Waals surface area contributed by atoms with Crippen LogP contribution in [0.5, 0.6) is 0 Å². The fraction of sp³-hybridized carbons (Fsp3) is 0.467. The van der Waals surface area contributed by atoms with Crippen LogP contribution >= 0.6 is 0 Å². The molecule has 0 saturated carbocycles. The number of benzene rings is 1. The highest BCUT2D eigenvalue weighted by Gasteiger charge is 2.14. The average Bonchev–Trinajstić information content (AvgIpc) is 2.66. The Hall–Kier alpha value is -1.28. The Labute approximate surface area is 104 Å². The quantitative estimate of drug-likeness (QED) is 0.848. The van der Waals surface area contributed by atoms with Gasteiger partial charge in [0.2, 0.25) is 0 Å². The zero-order valence-electron chi connectivity index (χ0n) is 11.4. The summed E-state index contributed by atoms with van der Waals surface area (Å²) in [7, 11) is 2.01. The van der Waals surface area contributed by atoms with E-state index >= 15 is 0 Å². The molecule has 2 nitrogen and oxygen atoms in total. The Kier molecular flexibility index (Phi) is 3.25. The average molecular weight is 230 g/mol. The van der Waals surface area contributed by atoms with Crippen LogP contribution in [0, 0.1) is 6.92 Å². The van der Waals surface area contributed by atoms with Crippen LogP contribution in [0.3, 0.4) is 0 Å². The molecule has 0 amide bonds. The second-order valence-corrected chi connectivity index (χ2v) is 5.07. The molecule has 2 aromatic rings. The predicted octanol–water partition coefficient (Wildman–Crippen LogP) is 3.81. The molecule has 1 aromatic heterocycles. The molecule has 0 aliphatic heterocycles. The molecule has 1 heterocycles. The smallest absolute Gasteiger partial charge is 0.0533 e. The largest absolute Gasteiger partial charge is 0.344 e. The van der Waals surface area contributed by atoms with E-state index in [2.05, 4.69) is 62.0 Å². The van der Waals surface area contributed by atoms with Gasteiger partial charge in [-0.15, -0.1) is 0 Å². The molecule has 17 heavy (non-hydrogen) atoms. The Morgan fingerprint density at radius 1 is 1.18 bits per heavy atom. The van der Waals surface area contributed by atoms with Gasteiger partial charge in [0.1, 0.15) is 0 Å². The summed E-state index contributed by atoms with van der Waals surface area (Å²) in [5, 5.41) is 4.71. The molecule has 0 saturated heterocycles. The fourth-order valence-corrected chi connectivity index (χ4v) is 2.42. The van der Waals surface area contributed by atoms with Gasteiger partial charge in [-0.3, -0.25) is 0 Å². The van der Waals surface area contributed by atoms with Crippen molar-refractivity contribution in [1.82, 2.24) is 9.88 Å². The minimum absolute atomic E-state index is 0.380. The topological polar surface area (TPSA) is 17.0 Å². The summed E-state index contributed by atoms with van der Waals surface area (Å²) in [5.41, 5.74) is 4.12. The first-order valence-corrected chi connectivity index (χ1v) is 6.33. The molecule has 1 atom stereocenters. The Morgan fingerprint density at radius 3 is 2.47 bits per heavy atom. The third kappa shape index (κ3) is 1.98. The van der Waals surface area contributed by atoms with E-state index in [1.54, 1.807) is 0 Å². The lowest BCUT2D eigenvalue weighted by Gasteiger charge is -2.17. The van der Waals surface area contributed by atoms with Gasteiger partial charge in [-0.25, -0.2) is 0 Å². The third-order valence-electron chi connectivity index (χ3n) is 3.54. The molecule has 92 valence electrons. The van der Waals surface area contributed by atoms with Gasteiger partial charge in [0.25, 0.3) is 0 Å². The number of aromatic nitrogens is 1. The monoisotopic (exact) mass is 230 g/mol. The maximum atomic E-state index is 3.34. The van der Waals surface area contributed by atoms with Crippen molar-refractivity contribution in [3.63, 3.8) is 0 Å². The zero-order valence-corrected chi connectivity index (χ0v) is 11.4. The van der Waals surface area contributed by atoms with Crippen molar-refractivity contribution < 1.29 is 0 Å². The minimum Gasteiger partial charge on any atom is -0.344 e. The van der Waals surface area contributed by atoms with E-state index in [4.69, 9.17) is 0 Å². The first-order chi connectivity index (χ1) is 8.06. The third-order valence-corrected chi connectivity index (χ3v) is 3.54. The molecular weight excluding hydrogens is 208 g/mol. The van der Waals surface area contributed by atoms with Crippen molar-refractivity contribution in [2.45, 2.75) is 39.8 Å². The highest BCUT2D eigenvalue weighted by molar-refractivity contribution is 5.87. The lowest BCUT2D eigenvalue weighted by molar-refractivity contribution is 0.608. The van der Waals surface area contributed by atoms with Gasteiger partial charge in [-0.05, 0) is 45.9 Å². The molecule has 0 spiro atoms. The molecule has 0 bridgehead atoms. The second-order valence-electron chi connectivity index (χ2n) is 5.07. The predicted molar refractivity (Wildman–Crippen MR) is 74.5 cm³/mol. The normalized spacial score (nSPS) is 13.5. The van der Waals surface area contributed by atoms with Gasteiger partial charge in [0.15, 0.2) is 0 Å². The molecule has 0 radical (unpaired) electrons. The molecule has 2 rings (SSSR count). The van der Waals surface area contributed by atoms with Crippen LogP contribution in [0.25, 0.3) is 10.9 Å². The lowest BCUT2D eigenvalue weighted by Crippen LogP contribution is -2.14. The molecular formula is C15H22N2. The minimum atomic E-state index is 0.380. The second kappa shape index (κ2) is 4.53. The number of para-hydroxylation sites is 1. The number of nitrogens with zero attached hydrogens (tertiary/aromatic N) is 1. The fourth-order valence-electron chi connectivity index (χ4n) is 2.42. The van der Waals surface area contributed by atoms with Crippen LogP contribution in [0.1, 0.15) is 44.0 Å². The molecule has 0 aliphatic rings. The standard InChI is InChI=1S/C15H22N2/c1-10(2)17-9-11(3)13-7-6-8-14(15(13)17)12(4)16-5/h6-10,12,16H,1-5H3. The van der Waals surface area contributed by atoms with E-state index in [0.717, 1.165) is 0 Å². The highest BCUT2D eigenvalue weighted by atomic mass is 15.0. The van der Waals surface area contributed by atoms with Gasteiger partial charge >= 0.3 is 0 Å². The molecule has 1 unspecified atom stereocenters.